The van der Waals surface area contributed by atoms with E-state index in [1.54, 1.807) is 25.3 Å². The fraction of sp³-hybridized carbons (Fsp3) is 0.500. The van der Waals surface area contributed by atoms with Crippen LogP contribution < -0.4 is 11.1 Å². The Hall–Kier alpha value is -2.45. The average Bonchev–Trinajstić information content (AvgIpc) is 2.73. The number of hydrogen-bond donors (Lipinski definition) is 2. The maximum absolute atomic E-state index is 13.3. The number of carbonyl (C=O) groups is 1. The number of nitrogens with two attached hydrogens (primary N) is 1. The predicted molar refractivity (Wildman–Crippen MR) is 117 cm³/mol. The zero-order chi connectivity index (χ0) is 22.0. The molecule has 1 aromatic carbocycles. The summed E-state index contributed by atoms with van der Waals surface area (Å²) < 4.78 is 18.4. The highest BCUT2D eigenvalue weighted by Gasteiger charge is 2.47. The summed E-state index contributed by atoms with van der Waals surface area (Å²) in [6.07, 6.45) is 3.38. The minimum Gasteiger partial charge on any atom is -0.399 e. The lowest BCUT2D eigenvalue weighted by molar-refractivity contribution is -0.153. The van der Waals surface area contributed by atoms with Crippen LogP contribution in [0.4, 0.5) is 15.9 Å². The maximum Gasteiger partial charge on any atom is 0.231 e. The number of nitrogen functional groups attached to an aromatic ring is 1. The Morgan fingerprint density at radius 1 is 1.32 bits per heavy atom. The number of amides is 1. The third-order valence-corrected chi connectivity index (χ3v) is 6.36. The summed E-state index contributed by atoms with van der Waals surface area (Å²) in [7, 11) is 1.64. The number of methoxy groups -OCH3 is 1. The molecule has 0 spiro atoms. The van der Waals surface area contributed by atoms with Gasteiger partial charge in [-0.15, -0.1) is 0 Å². The van der Waals surface area contributed by atoms with Gasteiger partial charge in [0, 0.05) is 37.9 Å². The van der Waals surface area contributed by atoms with Crippen molar-refractivity contribution in [1.82, 2.24) is 14.9 Å². The van der Waals surface area contributed by atoms with Crippen LogP contribution >= 0.6 is 11.6 Å². The molecule has 9 heteroatoms. The van der Waals surface area contributed by atoms with E-state index in [-0.39, 0.29) is 11.2 Å². The highest BCUT2D eigenvalue weighted by Crippen LogP contribution is 2.43. The molecule has 1 aliphatic carbocycles. The summed E-state index contributed by atoms with van der Waals surface area (Å²) in [6, 6.07) is 5.18. The number of alkyl halides is 1. The molecule has 4 rings (SSSR count). The number of fused-ring (bicyclic) bond motifs is 1. The largest absolute Gasteiger partial charge is 0.399 e. The van der Waals surface area contributed by atoms with Gasteiger partial charge in [0.1, 0.15) is 12.5 Å². The van der Waals surface area contributed by atoms with E-state index in [1.165, 1.54) is 0 Å². The number of anilines is 2. The Morgan fingerprint density at radius 3 is 2.77 bits per heavy atom. The van der Waals surface area contributed by atoms with Crippen molar-refractivity contribution in [2.24, 2.45) is 5.41 Å². The molecule has 1 aromatic heterocycles. The Balaban J connectivity index is 1.54. The van der Waals surface area contributed by atoms with Gasteiger partial charge in [-0.3, -0.25) is 4.79 Å². The van der Waals surface area contributed by atoms with Crippen LogP contribution in [0.1, 0.15) is 41.6 Å². The molecule has 166 valence electrons. The molecular formula is C22H27ClFN5O2. The molecule has 2 heterocycles. The highest BCUT2D eigenvalue weighted by molar-refractivity contribution is 6.28. The van der Waals surface area contributed by atoms with Crippen LogP contribution in [0.25, 0.3) is 0 Å². The molecule has 0 bridgehead atoms. The Labute approximate surface area is 186 Å². The van der Waals surface area contributed by atoms with Crippen molar-refractivity contribution in [3.8, 4) is 0 Å². The number of aromatic nitrogens is 2. The molecule has 0 unspecified atom stereocenters. The van der Waals surface area contributed by atoms with E-state index in [9.17, 15) is 9.18 Å². The first kappa shape index (κ1) is 21.8. The molecule has 0 saturated heterocycles. The van der Waals surface area contributed by atoms with Gasteiger partial charge in [0.15, 0.2) is 0 Å². The van der Waals surface area contributed by atoms with Crippen LogP contribution in [0.2, 0.25) is 5.28 Å². The van der Waals surface area contributed by atoms with Crippen molar-refractivity contribution < 1.29 is 13.9 Å². The average molecular weight is 448 g/mol. The lowest BCUT2D eigenvalue weighted by Crippen LogP contribution is -2.51. The van der Waals surface area contributed by atoms with Crippen molar-refractivity contribution in [3.63, 3.8) is 0 Å². The number of nitrogens with one attached hydrogen (secondary N) is 1. The van der Waals surface area contributed by atoms with E-state index in [0.717, 1.165) is 36.1 Å². The topological polar surface area (TPSA) is 93.4 Å². The standard InChI is InChI=1S/C22H27ClFN5O2/c1-31-13-22(4-2-5-22)20(30)29-6-3-18-17(12-29)19(28-21(23)27-18)26-11-15-7-14(10-24)8-16(25)9-15/h7-9H,2-6,10-13,25H2,1H3,(H,26,27,28). The molecule has 7 nitrogen and oxygen atoms in total. The second-order valence-corrected chi connectivity index (χ2v) is 8.72. The first-order valence-corrected chi connectivity index (χ1v) is 10.8. The van der Waals surface area contributed by atoms with E-state index in [1.807, 2.05) is 4.90 Å². The zero-order valence-electron chi connectivity index (χ0n) is 17.6. The molecule has 2 aromatic rings. The molecule has 0 radical (unpaired) electrons. The Kier molecular flexibility index (Phi) is 6.29. The van der Waals surface area contributed by atoms with Gasteiger partial charge in [-0.1, -0.05) is 12.5 Å². The molecule has 1 fully saturated rings. The van der Waals surface area contributed by atoms with Gasteiger partial charge < -0.3 is 20.7 Å². The summed E-state index contributed by atoms with van der Waals surface area (Å²) in [5.41, 5.74) is 9.06. The monoisotopic (exact) mass is 447 g/mol. The van der Waals surface area contributed by atoms with Crippen molar-refractivity contribution in [1.29, 1.82) is 0 Å². The van der Waals surface area contributed by atoms with Crippen LogP contribution in [-0.2, 0) is 35.7 Å². The van der Waals surface area contributed by atoms with Gasteiger partial charge in [-0.25, -0.2) is 14.4 Å². The smallest absolute Gasteiger partial charge is 0.231 e. The summed E-state index contributed by atoms with van der Waals surface area (Å²) in [6.45, 7) is 1.29. The second-order valence-electron chi connectivity index (χ2n) is 8.38. The van der Waals surface area contributed by atoms with Gasteiger partial charge >= 0.3 is 0 Å². The van der Waals surface area contributed by atoms with Crippen molar-refractivity contribution in [2.75, 3.05) is 31.3 Å². The Bertz CT molecular complexity index is 983. The van der Waals surface area contributed by atoms with Crippen LogP contribution in [0, 0.1) is 5.41 Å². The van der Waals surface area contributed by atoms with Gasteiger partial charge in [-0.2, -0.15) is 0 Å². The third-order valence-electron chi connectivity index (χ3n) is 6.19. The summed E-state index contributed by atoms with van der Waals surface area (Å²) >= 11 is 6.15. The number of carbonyl (C=O) groups excluding carboxylic acids is 1. The third kappa shape index (κ3) is 4.45. The van der Waals surface area contributed by atoms with Crippen molar-refractivity contribution in [3.05, 3.63) is 45.9 Å². The molecule has 2 aliphatic rings. The predicted octanol–water partition coefficient (Wildman–Crippen LogP) is 3.50. The van der Waals surface area contributed by atoms with Gasteiger partial charge in [0.25, 0.3) is 0 Å². The Morgan fingerprint density at radius 2 is 2.10 bits per heavy atom. The molecule has 1 aliphatic heterocycles. The van der Waals surface area contributed by atoms with Crippen LogP contribution in [-0.4, -0.2) is 41.0 Å². The molecule has 31 heavy (non-hydrogen) atoms. The number of hydrogen-bond acceptors (Lipinski definition) is 6. The number of benzene rings is 1. The molecule has 3 N–H and O–H groups in total. The minimum atomic E-state index is -0.576. The number of halogens is 2. The van der Waals surface area contributed by atoms with Gasteiger partial charge in [-0.05, 0) is 47.7 Å². The van der Waals surface area contributed by atoms with Gasteiger partial charge in [0.05, 0.1) is 24.3 Å². The first-order chi connectivity index (χ1) is 14.9. The number of rotatable bonds is 7. The molecule has 0 atom stereocenters. The minimum absolute atomic E-state index is 0.135. The number of ether oxygens (including phenoxy) is 1. The van der Waals surface area contributed by atoms with Crippen molar-refractivity contribution >= 4 is 29.0 Å². The van der Waals surface area contributed by atoms with E-state index < -0.39 is 12.1 Å². The van der Waals surface area contributed by atoms with Crippen molar-refractivity contribution in [2.45, 2.75) is 45.4 Å². The molecular weight excluding hydrogens is 421 g/mol. The molecule has 1 saturated carbocycles. The summed E-state index contributed by atoms with van der Waals surface area (Å²) in [5.74, 6) is 0.724. The first-order valence-electron chi connectivity index (χ1n) is 10.5. The van der Waals surface area contributed by atoms with E-state index in [4.69, 9.17) is 22.1 Å². The van der Waals surface area contributed by atoms with Gasteiger partial charge in [0.2, 0.25) is 11.2 Å². The lowest BCUT2D eigenvalue weighted by Gasteiger charge is -2.44. The van der Waals surface area contributed by atoms with Crippen LogP contribution in [0.5, 0.6) is 0 Å². The highest BCUT2D eigenvalue weighted by atomic mass is 35.5. The van der Waals surface area contributed by atoms with E-state index >= 15 is 0 Å². The normalized spacial score (nSPS) is 17.1. The second kappa shape index (κ2) is 8.96. The fourth-order valence-corrected chi connectivity index (χ4v) is 4.68. The summed E-state index contributed by atoms with van der Waals surface area (Å²) in [4.78, 5) is 23.9. The SMILES string of the molecule is COCC1(C(=O)N2CCc3nc(Cl)nc(NCc4cc(N)cc(CF)c4)c3C2)CCC1. The van der Waals surface area contributed by atoms with E-state index in [0.29, 0.717) is 49.7 Å². The molecule has 1 amide bonds. The maximum atomic E-state index is 13.3. The van der Waals surface area contributed by atoms with Crippen LogP contribution in [0.3, 0.4) is 0 Å². The quantitative estimate of drug-likeness (QED) is 0.498. The zero-order valence-corrected chi connectivity index (χ0v) is 18.3. The summed E-state index contributed by atoms with van der Waals surface area (Å²) in [5, 5.41) is 3.44. The van der Waals surface area contributed by atoms with E-state index in [2.05, 4.69) is 15.3 Å². The fourth-order valence-electron chi connectivity index (χ4n) is 4.50. The number of nitrogens with zero attached hydrogens (tertiary/aromatic N) is 3. The lowest BCUT2D eigenvalue weighted by atomic mass is 9.68. The van der Waals surface area contributed by atoms with Crippen LogP contribution in [0.15, 0.2) is 18.2 Å².